The largest absolute Gasteiger partial charge is 0.466 e. The highest BCUT2D eigenvalue weighted by atomic mass is 35.5. The van der Waals surface area contributed by atoms with Gasteiger partial charge in [0, 0.05) is 5.02 Å². The van der Waals surface area contributed by atoms with Crippen molar-refractivity contribution >= 4 is 29.4 Å². The van der Waals surface area contributed by atoms with Gasteiger partial charge in [0.2, 0.25) is 0 Å². The molecule has 0 spiro atoms. The molecule has 28 heavy (non-hydrogen) atoms. The minimum atomic E-state index is -0.994. The number of esters is 2. The quantitative estimate of drug-likeness (QED) is 0.563. The van der Waals surface area contributed by atoms with Gasteiger partial charge in [-0.2, -0.15) is 0 Å². The third kappa shape index (κ3) is 6.09. The first-order valence-electron chi connectivity index (χ1n) is 8.93. The first kappa shape index (κ1) is 21.4. The van der Waals surface area contributed by atoms with Crippen molar-refractivity contribution in [3.8, 4) is 11.1 Å². The van der Waals surface area contributed by atoms with E-state index in [4.69, 9.17) is 21.1 Å². The molecule has 0 saturated heterocycles. The first-order valence-corrected chi connectivity index (χ1v) is 9.31. The molecule has 0 fully saturated rings. The van der Waals surface area contributed by atoms with Gasteiger partial charge in [0.1, 0.15) is 0 Å². The molecule has 2 rings (SSSR count). The molecule has 1 unspecified atom stereocenters. The fourth-order valence-electron chi connectivity index (χ4n) is 2.63. The lowest BCUT2D eigenvalue weighted by molar-refractivity contribution is -0.155. The van der Waals surface area contributed by atoms with Gasteiger partial charge in [0.05, 0.1) is 25.7 Å². The van der Waals surface area contributed by atoms with Crippen molar-refractivity contribution in [2.75, 3.05) is 13.2 Å². The Kier molecular flexibility index (Phi) is 8.02. The number of rotatable bonds is 7. The van der Waals surface area contributed by atoms with Crippen LogP contribution in [0.1, 0.15) is 31.9 Å². The lowest BCUT2D eigenvalue weighted by Gasteiger charge is -2.18. The second-order valence-corrected chi connectivity index (χ2v) is 6.32. The zero-order valence-corrected chi connectivity index (χ0v) is 16.5. The predicted molar refractivity (Wildman–Crippen MR) is 106 cm³/mol. The molecule has 0 aliphatic carbocycles. The van der Waals surface area contributed by atoms with E-state index in [1.54, 1.807) is 32.0 Å². The number of hydrogen-bond acceptors (Lipinski definition) is 5. The fraction of sp³-hybridized carbons (Fsp3) is 0.286. The van der Waals surface area contributed by atoms with Crippen LogP contribution in [0.3, 0.4) is 0 Å². The number of carbonyl (C=O) groups excluding carboxylic acids is 3. The second kappa shape index (κ2) is 10.5. The van der Waals surface area contributed by atoms with Gasteiger partial charge in [0.15, 0.2) is 0 Å². The Bertz CT molecular complexity index is 835. The molecule has 148 valence electrons. The minimum absolute atomic E-state index is 0.0864. The summed E-state index contributed by atoms with van der Waals surface area (Å²) in [5.41, 5.74) is 2.53. The highest BCUT2D eigenvalue weighted by Crippen LogP contribution is 2.25. The van der Waals surface area contributed by atoms with Crippen molar-refractivity contribution in [2.45, 2.75) is 26.3 Å². The summed E-state index contributed by atoms with van der Waals surface area (Å²) >= 11 is 6.03. The number of ether oxygens (including phenoxy) is 2. The average molecular weight is 404 g/mol. The van der Waals surface area contributed by atoms with Crippen LogP contribution in [0.2, 0.25) is 5.02 Å². The molecule has 0 aromatic heterocycles. The van der Waals surface area contributed by atoms with Crippen LogP contribution < -0.4 is 5.32 Å². The van der Waals surface area contributed by atoms with Gasteiger partial charge in [0.25, 0.3) is 0 Å². The van der Waals surface area contributed by atoms with E-state index in [0.29, 0.717) is 10.6 Å². The second-order valence-electron chi connectivity index (χ2n) is 5.89. The lowest BCUT2D eigenvalue weighted by atomic mass is 9.99. The third-order valence-corrected chi connectivity index (χ3v) is 4.15. The van der Waals surface area contributed by atoms with E-state index in [1.165, 1.54) is 0 Å². The summed E-state index contributed by atoms with van der Waals surface area (Å²) in [5.74, 6) is -2.38. The zero-order chi connectivity index (χ0) is 20.5. The van der Waals surface area contributed by atoms with Crippen LogP contribution in [0.5, 0.6) is 0 Å². The Balaban J connectivity index is 2.22. The molecular formula is C21H22ClNO5. The van der Waals surface area contributed by atoms with Crippen LogP contribution in [-0.2, 0) is 23.9 Å². The molecule has 0 bridgehead atoms. The Hall–Kier alpha value is -2.86. The lowest BCUT2D eigenvalue weighted by Crippen LogP contribution is -2.36. The summed E-state index contributed by atoms with van der Waals surface area (Å²) in [7, 11) is 0. The highest BCUT2D eigenvalue weighted by molar-refractivity contribution is 6.32. The molecule has 2 aromatic carbocycles. The number of hydrogen-bond donors (Lipinski definition) is 1. The van der Waals surface area contributed by atoms with Crippen molar-refractivity contribution in [1.29, 1.82) is 0 Å². The van der Waals surface area contributed by atoms with E-state index in [0.717, 1.165) is 11.1 Å². The van der Waals surface area contributed by atoms with Crippen molar-refractivity contribution < 1.29 is 23.9 Å². The van der Waals surface area contributed by atoms with Crippen molar-refractivity contribution in [3.63, 3.8) is 0 Å². The molecule has 1 atom stereocenters. The molecule has 1 amide bonds. The number of nitrogens with one attached hydrogen (secondary N) is 1. The van der Waals surface area contributed by atoms with Crippen molar-refractivity contribution in [1.82, 2.24) is 5.32 Å². The Morgan fingerprint density at radius 2 is 1.64 bits per heavy atom. The number of benzene rings is 2. The number of amides is 1. The molecule has 6 nitrogen and oxygen atoms in total. The fourth-order valence-corrected chi connectivity index (χ4v) is 2.82. The number of carbonyl (C=O) groups is 3. The van der Waals surface area contributed by atoms with E-state index >= 15 is 0 Å². The normalized spacial score (nSPS) is 11.4. The topological polar surface area (TPSA) is 81.7 Å². The Morgan fingerprint density at radius 1 is 0.964 bits per heavy atom. The van der Waals surface area contributed by atoms with E-state index in [1.807, 2.05) is 30.3 Å². The van der Waals surface area contributed by atoms with Gasteiger partial charge in [-0.25, -0.2) is 4.79 Å². The maximum absolute atomic E-state index is 12.0. The number of halogens is 1. The van der Waals surface area contributed by atoms with Gasteiger partial charge in [-0.1, -0.05) is 48.0 Å². The molecule has 2 aromatic rings. The Labute approximate surface area is 168 Å². The first-order chi connectivity index (χ1) is 13.4. The van der Waals surface area contributed by atoms with Crippen molar-refractivity contribution in [3.05, 3.63) is 59.1 Å². The summed E-state index contributed by atoms with van der Waals surface area (Å²) in [6.07, 6.45) is -0.102. The Morgan fingerprint density at radius 3 is 2.25 bits per heavy atom. The molecule has 0 aliphatic heterocycles. The minimum Gasteiger partial charge on any atom is -0.466 e. The van der Waals surface area contributed by atoms with Gasteiger partial charge < -0.3 is 14.8 Å². The third-order valence-electron chi connectivity index (χ3n) is 3.91. The van der Waals surface area contributed by atoms with Gasteiger partial charge >= 0.3 is 17.8 Å². The van der Waals surface area contributed by atoms with Crippen LogP contribution in [0.25, 0.3) is 11.1 Å². The van der Waals surface area contributed by atoms with Gasteiger partial charge in [-0.05, 0) is 42.7 Å². The van der Waals surface area contributed by atoms with E-state index < -0.39 is 23.9 Å². The van der Waals surface area contributed by atoms with E-state index in [2.05, 4.69) is 5.32 Å². The molecular weight excluding hydrogens is 382 g/mol. The van der Waals surface area contributed by atoms with Crippen LogP contribution in [0.4, 0.5) is 0 Å². The molecule has 7 heteroatoms. The van der Waals surface area contributed by atoms with Crippen molar-refractivity contribution in [2.24, 2.45) is 0 Å². The monoisotopic (exact) mass is 403 g/mol. The van der Waals surface area contributed by atoms with Crippen LogP contribution in [-0.4, -0.2) is 31.1 Å². The summed E-state index contributed by atoms with van der Waals surface area (Å²) in [4.78, 5) is 35.6. The summed E-state index contributed by atoms with van der Waals surface area (Å²) in [6.45, 7) is 3.62. The van der Waals surface area contributed by atoms with Gasteiger partial charge in [-0.15, -0.1) is 0 Å². The highest BCUT2D eigenvalue weighted by Gasteiger charge is 2.23. The van der Waals surface area contributed by atoms with E-state index in [9.17, 15) is 14.4 Å². The summed E-state index contributed by atoms with van der Waals surface area (Å²) < 4.78 is 9.67. The maximum Gasteiger partial charge on any atom is 0.396 e. The van der Waals surface area contributed by atoms with Gasteiger partial charge in [-0.3, -0.25) is 9.59 Å². The molecule has 0 aliphatic rings. The standard InChI is InChI=1S/C21H22ClNO5/c1-3-27-19(24)13-18(23-20(25)21(26)28-4-2)15-10-8-14(9-11-15)16-6-5-7-17(22)12-16/h5-12,18H,3-4,13H2,1-2H3,(H,23,25). The SMILES string of the molecule is CCOC(=O)CC(NC(=O)C(=O)OCC)c1ccc(-c2cccc(Cl)c2)cc1. The summed E-state index contributed by atoms with van der Waals surface area (Å²) in [5, 5.41) is 3.17. The average Bonchev–Trinajstić information content (AvgIpc) is 2.68. The van der Waals surface area contributed by atoms with Crippen LogP contribution in [0.15, 0.2) is 48.5 Å². The summed E-state index contributed by atoms with van der Waals surface area (Å²) in [6, 6.07) is 14.0. The molecule has 0 radical (unpaired) electrons. The van der Waals surface area contributed by atoms with Crippen LogP contribution in [0, 0.1) is 0 Å². The predicted octanol–water partition coefficient (Wildman–Crippen LogP) is 3.68. The van der Waals surface area contributed by atoms with Crippen LogP contribution >= 0.6 is 11.6 Å². The van der Waals surface area contributed by atoms with E-state index in [-0.39, 0.29) is 19.6 Å². The molecule has 0 heterocycles. The molecule has 1 N–H and O–H groups in total. The zero-order valence-electron chi connectivity index (χ0n) is 15.7. The molecule has 0 saturated carbocycles. The maximum atomic E-state index is 12.0. The smallest absolute Gasteiger partial charge is 0.396 e.